The molecule has 3 rings (SSSR count). The van der Waals surface area contributed by atoms with Gasteiger partial charge in [0.2, 0.25) is 11.8 Å². The van der Waals surface area contributed by atoms with E-state index in [9.17, 15) is 14.0 Å². The van der Waals surface area contributed by atoms with Gasteiger partial charge in [0.05, 0.1) is 6.54 Å². The highest BCUT2D eigenvalue weighted by Crippen LogP contribution is 2.30. The summed E-state index contributed by atoms with van der Waals surface area (Å²) in [6.07, 6.45) is 1.93. The lowest BCUT2D eigenvalue weighted by Crippen LogP contribution is -2.29. The quantitative estimate of drug-likeness (QED) is 0.725. The number of benzene rings is 2. The van der Waals surface area contributed by atoms with Gasteiger partial charge in [0.1, 0.15) is 5.82 Å². The molecule has 0 aromatic heterocycles. The number of halogens is 1. The first-order valence-corrected chi connectivity index (χ1v) is 8.27. The molecule has 3 N–H and O–H groups in total. The van der Waals surface area contributed by atoms with Crippen LogP contribution in [0, 0.1) is 11.7 Å². The van der Waals surface area contributed by atoms with Gasteiger partial charge in [0.15, 0.2) is 0 Å². The van der Waals surface area contributed by atoms with Gasteiger partial charge in [0.25, 0.3) is 0 Å². The fourth-order valence-corrected chi connectivity index (χ4v) is 2.34. The highest BCUT2D eigenvalue weighted by atomic mass is 19.1. The standard InChI is InChI=1S/C19H20FN3O2/c20-17-4-2-1-3-14(17)11-22-18(24)12-21-15-7-9-16(10-8-15)23-19(25)13-5-6-13/h1-4,7-10,13,21H,5-6,11-12H2,(H,22,24)(H,23,25). The number of rotatable bonds is 7. The molecule has 130 valence electrons. The zero-order valence-corrected chi connectivity index (χ0v) is 13.7. The molecule has 0 spiro atoms. The maximum atomic E-state index is 13.5. The lowest BCUT2D eigenvalue weighted by atomic mass is 10.2. The third-order valence-electron chi connectivity index (χ3n) is 3.99. The summed E-state index contributed by atoms with van der Waals surface area (Å²) in [4.78, 5) is 23.5. The summed E-state index contributed by atoms with van der Waals surface area (Å²) in [5.41, 5.74) is 1.96. The highest BCUT2D eigenvalue weighted by Gasteiger charge is 2.29. The summed E-state index contributed by atoms with van der Waals surface area (Å²) in [5.74, 6) is -0.335. The largest absolute Gasteiger partial charge is 0.376 e. The molecule has 1 aliphatic carbocycles. The van der Waals surface area contributed by atoms with Crippen molar-refractivity contribution in [3.63, 3.8) is 0 Å². The maximum Gasteiger partial charge on any atom is 0.239 e. The van der Waals surface area contributed by atoms with E-state index in [-0.39, 0.29) is 36.6 Å². The number of amides is 2. The van der Waals surface area contributed by atoms with Crippen LogP contribution in [0.5, 0.6) is 0 Å². The van der Waals surface area contributed by atoms with E-state index < -0.39 is 0 Å². The molecule has 2 aromatic carbocycles. The number of hydrogen-bond acceptors (Lipinski definition) is 3. The summed E-state index contributed by atoms with van der Waals surface area (Å²) in [6.45, 7) is 0.238. The van der Waals surface area contributed by atoms with Crippen molar-refractivity contribution in [1.29, 1.82) is 0 Å². The van der Waals surface area contributed by atoms with Crippen LogP contribution in [-0.2, 0) is 16.1 Å². The Labute approximate surface area is 145 Å². The van der Waals surface area contributed by atoms with E-state index >= 15 is 0 Å². The lowest BCUT2D eigenvalue weighted by Gasteiger charge is -2.09. The van der Waals surface area contributed by atoms with Gasteiger partial charge in [-0.3, -0.25) is 9.59 Å². The molecule has 1 saturated carbocycles. The predicted molar refractivity (Wildman–Crippen MR) is 94.5 cm³/mol. The molecule has 1 aliphatic rings. The maximum absolute atomic E-state index is 13.5. The van der Waals surface area contributed by atoms with Crippen molar-refractivity contribution in [2.24, 2.45) is 5.92 Å². The molecule has 2 aromatic rings. The minimum Gasteiger partial charge on any atom is -0.376 e. The topological polar surface area (TPSA) is 70.2 Å². The molecule has 0 heterocycles. The first-order chi connectivity index (χ1) is 12.1. The molecule has 0 aliphatic heterocycles. The summed E-state index contributed by atoms with van der Waals surface area (Å²) in [5, 5.41) is 8.52. The van der Waals surface area contributed by atoms with E-state index in [2.05, 4.69) is 16.0 Å². The Kier molecular flexibility index (Phi) is 5.28. The molecular formula is C19H20FN3O2. The lowest BCUT2D eigenvalue weighted by molar-refractivity contribution is -0.119. The first-order valence-electron chi connectivity index (χ1n) is 8.27. The summed E-state index contributed by atoms with van der Waals surface area (Å²) < 4.78 is 13.5. The Morgan fingerprint density at radius 3 is 2.36 bits per heavy atom. The second-order valence-electron chi connectivity index (χ2n) is 6.06. The molecule has 0 atom stereocenters. The van der Waals surface area contributed by atoms with Gasteiger partial charge in [-0.05, 0) is 43.2 Å². The van der Waals surface area contributed by atoms with Crippen molar-refractivity contribution in [1.82, 2.24) is 5.32 Å². The number of nitrogens with one attached hydrogen (secondary N) is 3. The van der Waals surface area contributed by atoms with Crippen molar-refractivity contribution in [2.75, 3.05) is 17.2 Å². The molecule has 0 saturated heterocycles. The van der Waals surface area contributed by atoms with Gasteiger partial charge in [-0.2, -0.15) is 0 Å². The van der Waals surface area contributed by atoms with Crippen LogP contribution in [0.15, 0.2) is 48.5 Å². The SMILES string of the molecule is O=C(CNc1ccc(NC(=O)C2CC2)cc1)NCc1ccccc1F. The van der Waals surface area contributed by atoms with Crippen LogP contribution in [0.1, 0.15) is 18.4 Å². The second-order valence-corrected chi connectivity index (χ2v) is 6.06. The van der Waals surface area contributed by atoms with Gasteiger partial charge >= 0.3 is 0 Å². The van der Waals surface area contributed by atoms with E-state index in [1.165, 1.54) is 6.07 Å². The summed E-state index contributed by atoms with van der Waals surface area (Å²) in [7, 11) is 0. The third-order valence-corrected chi connectivity index (χ3v) is 3.99. The van der Waals surface area contributed by atoms with E-state index in [1.54, 1.807) is 42.5 Å². The number of anilines is 2. The Morgan fingerprint density at radius 2 is 1.68 bits per heavy atom. The Bertz CT molecular complexity index is 758. The number of hydrogen-bond donors (Lipinski definition) is 3. The minimum atomic E-state index is -0.334. The Hall–Kier alpha value is -2.89. The van der Waals surface area contributed by atoms with Gasteiger partial charge < -0.3 is 16.0 Å². The van der Waals surface area contributed by atoms with E-state index in [0.29, 0.717) is 5.56 Å². The fraction of sp³-hybridized carbons (Fsp3) is 0.263. The van der Waals surface area contributed by atoms with Crippen molar-refractivity contribution in [2.45, 2.75) is 19.4 Å². The van der Waals surface area contributed by atoms with Crippen LogP contribution >= 0.6 is 0 Å². The average molecular weight is 341 g/mol. The van der Waals surface area contributed by atoms with Gasteiger partial charge in [0, 0.05) is 29.4 Å². The van der Waals surface area contributed by atoms with Crippen LogP contribution in [0.3, 0.4) is 0 Å². The van der Waals surface area contributed by atoms with Crippen LogP contribution in [0.25, 0.3) is 0 Å². The van der Waals surface area contributed by atoms with Crippen molar-refractivity contribution < 1.29 is 14.0 Å². The zero-order chi connectivity index (χ0) is 17.6. The minimum absolute atomic E-state index is 0.0632. The molecule has 0 unspecified atom stereocenters. The van der Waals surface area contributed by atoms with E-state index in [1.807, 2.05) is 0 Å². The van der Waals surface area contributed by atoms with E-state index in [4.69, 9.17) is 0 Å². The smallest absolute Gasteiger partial charge is 0.239 e. The molecule has 0 radical (unpaired) electrons. The van der Waals surface area contributed by atoms with Gasteiger partial charge in [-0.1, -0.05) is 18.2 Å². The molecule has 0 bridgehead atoms. The Morgan fingerprint density at radius 1 is 1.00 bits per heavy atom. The van der Waals surface area contributed by atoms with Crippen molar-refractivity contribution in [3.05, 3.63) is 59.9 Å². The first kappa shape index (κ1) is 17.0. The molecule has 2 amide bonds. The predicted octanol–water partition coefficient (Wildman–Crippen LogP) is 2.90. The van der Waals surface area contributed by atoms with Crippen LogP contribution in [0.4, 0.5) is 15.8 Å². The molecule has 25 heavy (non-hydrogen) atoms. The van der Waals surface area contributed by atoms with Crippen LogP contribution < -0.4 is 16.0 Å². The molecule has 6 heteroatoms. The van der Waals surface area contributed by atoms with Crippen LogP contribution in [0.2, 0.25) is 0 Å². The summed E-state index contributed by atoms with van der Waals surface area (Å²) >= 11 is 0. The number of carbonyl (C=O) groups is 2. The average Bonchev–Trinajstić information content (AvgIpc) is 3.45. The number of carbonyl (C=O) groups excluding carboxylic acids is 2. The molecule has 5 nitrogen and oxygen atoms in total. The van der Waals surface area contributed by atoms with Crippen LogP contribution in [-0.4, -0.2) is 18.4 Å². The fourth-order valence-electron chi connectivity index (χ4n) is 2.34. The van der Waals surface area contributed by atoms with Crippen molar-refractivity contribution in [3.8, 4) is 0 Å². The zero-order valence-electron chi connectivity index (χ0n) is 13.7. The second kappa shape index (κ2) is 7.79. The third kappa shape index (κ3) is 5.04. The van der Waals surface area contributed by atoms with Gasteiger partial charge in [-0.15, -0.1) is 0 Å². The summed E-state index contributed by atoms with van der Waals surface area (Å²) in [6, 6.07) is 13.5. The van der Waals surface area contributed by atoms with Gasteiger partial charge in [-0.25, -0.2) is 4.39 Å². The van der Waals surface area contributed by atoms with E-state index in [0.717, 1.165) is 24.2 Å². The highest BCUT2D eigenvalue weighted by molar-refractivity contribution is 5.94. The monoisotopic (exact) mass is 341 g/mol. The normalized spacial score (nSPS) is 13.2. The van der Waals surface area contributed by atoms with Crippen molar-refractivity contribution >= 4 is 23.2 Å². The molecule has 1 fully saturated rings. The molecular weight excluding hydrogens is 321 g/mol. The Balaban J connectivity index is 1.42.